The number of benzene rings is 6. The Morgan fingerprint density at radius 3 is 1.93 bits per heavy atom. The van der Waals surface area contributed by atoms with E-state index in [2.05, 4.69) is 141 Å². The van der Waals surface area contributed by atoms with Crippen LogP contribution in [-0.4, -0.2) is 22.9 Å². The molecule has 4 nitrogen and oxygen atoms in total. The Hall–Kier alpha value is -4.58. The lowest BCUT2D eigenvalue weighted by Crippen LogP contribution is -2.41. The van der Waals surface area contributed by atoms with E-state index >= 15 is 0 Å². The zero-order valence-electron chi connectivity index (χ0n) is 24.6. The van der Waals surface area contributed by atoms with Gasteiger partial charge in [0.2, 0.25) is 0 Å². The molecule has 0 bridgehead atoms. The Morgan fingerprint density at radius 1 is 0.535 bits per heavy atom. The van der Waals surface area contributed by atoms with Gasteiger partial charge in [0.05, 0.1) is 27.9 Å². The Labute approximate surface area is 249 Å². The van der Waals surface area contributed by atoms with Crippen LogP contribution in [0.25, 0.3) is 71.0 Å². The van der Waals surface area contributed by atoms with Gasteiger partial charge >= 0.3 is 7.12 Å². The fraction of sp³-hybridized carbons (Fsp3) is 0.158. The molecule has 8 aromatic rings. The van der Waals surface area contributed by atoms with Gasteiger partial charge in [-0.3, -0.25) is 0 Å². The molecule has 0 saturated carbocycles. The number of aromatic nitrogens is 1. The normalized spacial score (nSPS) is 16.5. The number of furan rings is 1. The molecular weight excluding hydrogens is 529 g/mol. The van der Waals surface area contributed by atoms with Crippen LogP contribution in [0.3, 0.4) is 0 Å². The van der Waals surface area contributed by atoms with Crippen LogP contribution in [-0.2, 0) is 9.31 Å². The molecule has 0 spiro atoms. The topological polar surface area (TPSA) is 36.5 Å². The molecule has 0 atom stereocenters. The minimum atomic E-state index is -0.452. The maximum absolute atomic E-state index is 6.87. The first kappa shape index (κ1) is 25.0. The summed E-state index contributed by atoms with van der Waals surface area (Å²) in [5, 5.41) is 9.40. The molecule has 208 valence electrons. The summed E-state index contributed by atoms with van der Waals surface area (Å²) in [6.45, 7) is 8.33. The Kier molecular flexibility index (Phi) is 4.94. The summed E-state index contributed by atoms with van der Waals surface area (Å²) in [4.78, 5) is 0. The standard InChI is InChI=1S/C38H30BNO3/c1-37(2)38(3,4)43-39(42-37)26-17-18-29-31-20-25-13-7-8-14-27(25)35(36(31)41-34(29)22-26)40-32-16-10-9-15-28(32)30-19-23-11-5-6-12-24(23)21-33(30)40/h5-22H,1-4H3. The summed E-state index contributed by atoms with van der Waals surface area (Å²) in [7, 11) is -0.452. The van der Waals surface area contributed by atoms with E-state index in [-0.39, 0.29) is 0 Å². The van der Waals surface area contributed by atoms with Gasteiger partial charge in [-0.15, -0.1) is 0 Å². The summed E-state index contributed by atoms with van der Waals surface area (Å²) in [5.74, 6) is 0. The molecule has 0 radical (unpaired) electrons. The van der Waals surface area contributed by atoms with Crippen LogP contribution in [0, 0.1) is 0 Å². The quantitative estimate of drug-likeness (QED) is 0.198. The van der Waals surface area contributed by atoms with Crippen molar-refractivity contribution in [1.82, 2.24) is 4.57 Å². The SMILES string of the molecule is CC1(C)OB(c2ccc3c(c2)oc2c(-n4c5ccccc5c5cc6ccccc6cc54)c4ccccc4cc23)OC1(C)C. The third-order valence-electron chi connectivity index (χ3n) is 9.77. The van der Waals surface area contributed by atoms with E-state index in [1.807, 2.05) is 0 Å². The highest BCUT2D eigenvalue weighted by atomic mass is 16.7. The number of fused-ring (bicyclic) bond motifs is 8. The fourth-order valence-electron chi connectivity index (χ4n) is 6.81. The predicted octanol–water partition coefficient (Wildman–Crippen LogP) is 9.29. The van der Waals surface area contributed by atoms with E-state index < -0.39 is 18.3 Å². The largest absolute Gasteiger partial charge is 0.494 e. The molecule has 1 fully saturated rings. The molecule has 3 heterocycles. The molecule has 0 amide bonds. The van der Waals surface area contributed by atoms with Crippen LogP contribution < -0.4 is 5.46 Å². The lowest BCUT2D eigenvalue weighted by Gasteiger charge is -2.32. The van der Waals surface area contributed by atoms with E-state index in [1.165, 1.54) is 26.9 Å². The minimum absolute atomic E-state index is 0.411. The van der Waals surface area contributed by atoms with Crippen LogP contribution in [0.2, 0.25) is 0 Å². The van der Waals surface area contributed by atoms with Crippen molar-refractivity contribution >= 4 is 77.9 Å². The summed E-state index contributed by atoms with van der Waals surface area (Å²) < 4.78 is 22.0. The van der Waals surface area contributed by atoms with Gasteiger partial charge in [-0.05, 0) is 79.6 Å². The summed E-state index contributed by atoms with van der Waals surface area (Å²) in [5.41, 5.74) is 5.21. The molecule has 0 N–H and O–H groups in total. The van der Waals surface area contributed by atoms with Crippen molar-refractivity contribution in [3.63, 3.8) is 0 Å². The second-order valence-corrected chi connectivity index (χ2v) is 12.8. The van der Waals surface area contributed by atoms with Gasteiger partial charge in [-0.1, -0.05) is 78.9 Å². The molecule has 1 saturated heterocycles. The van der Waals surface area contributed by atoms with Crippen LogP contribution in [0.1, 0.15) is 27.7 Å². The molecule has 0 unspecified atom stereocenters. The lowest BCUT2D eigenvalue weighted by atomic mass is 9.79. The molecule has 5 heteroatoms. The molecule has 43 heavy (non-hydrogen) atoms. The smallest absolute Gasteiger partial charge is 0.454 e. The highest BCUT2D eigenvalue weighted by molar-refractivity contribution is 6.62. The first-order valence-corrected chi connectivity index (χ1v) is 14.9. The van der Waals surface area contributed by atoms with Crippen LogP contribution in [0.5, 0.6) is 0 Å². The lowest BCUT2D eigenvalue weighted by molar-refractivity contribution is 0.00578. The van der Waals surface area contributed by atoms with Crippen molar-refractivity contribution in [3.8, 4) is 5.69 Å². The van der Waals surface area contributed by atoms with Gasteiger partial charge in [0, 0.05) is 26.9 Å². The van der Waals surface area contributed by atoms with E-state index in [0.29, 0.717) is 0 Å². The van der Waals surface area contributed by atoms with E-state index in [4.69, 9.17) is 13.7 Å². The molecule has 0 aliphatic carbocycles. The van der Waals surface area contributed by atoms with E-state index in [9.17, 15) is 0 Å². The molecule has 1 aliphatic rings. The average molecular weight is 559 g/mol. The molecule has 9 rings (SSSR count). The highest BCUT2D eigenvalue weighted by Crippen LogP contribution is 2.43. The van der Waals surface area contributed by atoms with Crippen molar-refractivity contribution < 1.29 is 13.7 Å². The van der Waals surface area contributed by atoms with Crippen molar-refractivity contribution in [2.24, 2.45) is 0 Å². The van der Waals surface area contributed by atoms with Gasteiger partial charge in [-0.2, -0.15) is 0 Å². The van der Waals surface area contributed by atoms with Crippen LogP contribution in [0.15, 0.2) is 114 Å². The third-order valence-corrected chi connectivity index (χ3v) is 9.77. The summed E-state index contributed by atoms with van der Waals surface area (Å²) in [6.07, 6.45) is 0. The number of hydrogen-bond donors (Lipinski definition) is 0. The Bertz CT molecular complexity index is 2410. The zero-order chi connectivity index (χ0) is 29.1. The maximum atomic E-state index is 6.87. The second-order valence-electron chi connectivity index (χ2n) is 12.8. The van der Waals surface area contributed by atoms with Crippen molar-refractivity contribution in [2.45, 2.75) is 38.9 Å². The van der Waals surface area contributed by atoms with Crippen LogP contribution in [0.4, 0.5) is 0 Å². The monoisotopic (exact) mass is 559 g/mol. The maximum Gasteiger partial charge on any atom is 0.494 e. The van der Waals surface area contributed by atoms with Gasteiger partial charge in [-0.25, -0.2) is 0 Å². The first-order chi connectivity index (χ1) is 20.8. The third kappa shape index (κ3) is 3.46. The average Bonchev–Trinajstić information content (AvgIpc) is 3.60. The first-order valence-electron chi connectivity index (χ1n) is 14.9. The number of hydrogen-bond acceptors (Lipinski definition) is 3. The fourth-order valence-corrected chi connectivity index (χ4v) is 6.81. The number of nitrogens with zero attached hydrogens (tertiary/aromatic N) is 1. The van der Waals surface area contributed by atoms with Gasteiger partial charge in [0.1, 0.15) is 5.58 Å². The van der Waals surface area contributed by atoms with Crippen LogP contribution >= 0.6 is 0 Å². The highest BCUT2D eigenvalue weighted by Gasteiger charge is 2.51. The van der Waals surface area contributed by atoms with E-state index in [1.54, 1.807) is 0 Å². The molecule has 6 aromatic carbocycles. The minimum Gasteiger partial charge on any atom is -0.454 e. The summed E-state index contributed by atoms with van der Waals surface area (Å²) in [6, 6.07) is 39.1. The summed E-state index contributed by atoms with van der Waals surface area (Å²) >= 11 is 0. The number of rotatable bonds is 2. The Balaban J connectivity index is 1.37. The van der Waals surface area contributed by atoms with E-state index in [0.717, 1.165) is 49.5 Å². The van der Waals surface area contributed by atoms with Crippen molar-refractivity contribution in [1.29, 1.82) is 0 Å². The zero-order valence-corrected chi connectivity index (χ0v) is 24.6. The second kappa shape index (κ2) is 8.50. The molecule has 1 aliphatic heterocycles. The van der Waals surface area contributed by atoms with Gasteiger partial charge in [0.25, 0.3) is 0 Å². The predicted molar refractivity (Wildman–Crippen MR) is 179 cm³/mol. The molecule has 2 aromatic heterocycles. The van der Waals surface area contributed by atoms with Crippen molar-refractivity contribution in [2.75, 3.05) is 0 Å². The van der Waals surface area contributed by atoms with Gasteiger partial charge < -0.3 is 18.3 Å². The number of para-hydroxylation sites is 1. The van der Waals surface area contributed by atoms with Gasteiger partial charge in [0.15, 0.2) is 5.58 Å². The Morgan fingerprint density at radius 2 is 1.16 bits per heavy atom. The van der Waals surface area contributed by atoms with Crippen molar-refractivity contribution in [3.05, 3.63) is 109 Å². The molecular formula is C38H30BNO3.